The first kappa shape index (κ1) is 19.5. The molecule has 0 amide bonds. The van der Waals surface area contributed by atoms with Crippen LogP contribution in [0.3, 0.4) is 0 Å². The lowest BCUT2D eigenvalue weighted by molar-refractivity contribution is -0.137. The average molecular weight is 375 g/mol. The molecule has 0 aliphatic heterocycles. The summed E-state index contributed by atoms with van der Waals surface area (Å²) in [6, 6.07) is 0. The molecular weight excluding hydrogens is 336 g/mol. The Labute approximate surface area is 164 Å². The quantitative estimate of drug-likeness (QED) is 0.658. The smallest absolute Gasteiger partial charge is 0.303 e. The molecule has 0 bridgehead atoms. The fourth-order valence-corrected chi connectivity index (χ4v) is 8.10. The van der Waals surface area contributed by atoms with Crippen LogP contribution in [0, 0.1) is 46.3 Å². The Kier molecular flexibility index (Phi) is 4.98. The van der Waals surface area contributed by atoms with Gasteiger partial charge in [-0.3, -0.25) is 4.79 Å². The van der Waals surface area contributed by atoms with E-state index in [2.05, 4.69) is 32.9 Å². The van der Waals surface area contributed by atoms with Gasteiger partial charge in [0.1, 0.15) is 0 Å². The molecule has 0 spiro atoms. The minimum Gasteiger partial charge on any atom is -0.481 e. The van der Waals surface area contributed by atoms with Gasteiger partial charge in [-0.05, 0) is 97.7 Å². The van der Waals surface area contributed by atoms with E-state index in [1.54, 1.807) is 0 Å². The predicted molar refractivity (Wildman–Crippen MR) is 107 cm³/mol. The molecule has 3 heteroatoms. The molecule has 0 radical (unpaired) electrons. The molecule has 0 aromatic carbocycles. The van der Waals surface area contributed by atoms with Gasteiger partial charge < -0.3 is 10.2 Å². The number of rotatable bonds is 4. The summed E-state index contributed by atoms with van der Waals surface area (Å²) in [5, 5.41) is 19.3. The third-order valence-electron chi connectivity index (χ3n) is 9.64. The first-order valence-electron chi connectivity index (χ1n) is 11.3. The maximum absolute atomic E-state index is 11.0. The molecule has 4 aliphatic carbocycles. The van der Waals surface area contributed by atoms with Crippen molar-refractivity contribution in [3.63, 3.8) is 0 Å². The number of carboxylic acids is 1. The van der Waals surface area contributed by atoms with Gasteiger partial charge in [0, 0.05) is 6.42 Å². The molecule has 0 heterocycles. The Hall–Kier alpha value is -0.830. The van der Waals surface area contributed by atoms with Crippen molar-refractivity contribution in [2.24, 2.45) is 46.3 Å². The third-order valence-corrected chi connectivity index (χ3v) is 9.64. The highest BCUT2D eigenvalue weighted by atomic mass is 16.4. The largest absolute Gasteiger partial charge is 0.481 e. The van der Waals surface area contributed by atoms with E-state index in [1.165, 1.54) is 32.1 Å². The van der Waals surface area contributed by atoms with Crippen LogP contribution in [0.2, 0.25) is 0 Å². The highest BCUT2D eigenvalue weighted by Gasteiger charge is 2.58. The maximum atomic E-state index is 11.0. The molecule has 0 saturated heterocycles. The van der Waals surface area contributed by atoms with Crippen LogP contribution in [-0.4, -0.2) is 22.3 Å². The molecule has 0 aromatic rings. The van der Waals surface area contributed by atoms with Crippen LogP contribution in [0.5, 0.6) is 0 Å². The number of aliphatic hydroxyl groups excluding tert-OH is 1. The third kappa shape index (κ3) is 3.09. The summed E-state index contributed by atoms with van der Waals surface area (Å²) in [6.07, 6.45) is 14.5. The van der Waals surface area contributed by atoms with Crippen LogP contribution >= 0.6 is 0 Å². The predicted octanol–water partition coefficient (Wildman–Crippen LogP) is 5.28. The van der Waals surface area contributed by atoms with Gasteiger partial charge in [0.25, 0.3) is 0 Å². The monoisotopic (exact) mass is 374 g/mol. The zero-order valence-electron chi connectivity index (χ0n) is 17.4. The van der Waals surface area contributed by atoms with Gasteiger partial charge in [0.05, 0.1) is 6.10 Å². The first-order valence-corrected chi connectivity index (χ1v) is 11.3. The zero-order chi connectivity index (χ0) is 19.4. The SMILES string of the molecule is C[C@H](CCC(=O)O)[C@@H]1CC[C@@H]2[C@@H]3CC[C@@H]4C[C@H](O)CC[C@]4(C)[C@H]3C=C[C@@]21C. The first-order chi connectivity index (χ1) is 12.8. The summed E-state index contributed by atoms with van der Waals surface area (Å²) in [5.74, 6) is 3.35. The van der Waals surface area contributed by atoms with E-state index in [1.807, 2.05) is 0 Å². The van der Waals surface area contributed by atoms with E-state index in [0.29, 0.717) is 35.5 Å². The summed E-state index contributed by atoms with van der Waals surface area (Å²) in [4.78, 5) is 11.0. The van der Waals surface area contributed by atoms with E-state index in [-0.39, 0.29) is 11.5 Å². The summed E-state index contributed by atoms with van der Waals surface area (Å²) >= 11 is 0. The van der Waals surface area contributed by atoms with Gasteiger partial charge in [-0.15, -0.1) is 0 Å². The van der Waals surface area contributed by atoms with Crippen LogP contribution in [0.1, 0.15) is 78.6 Å². The average Bonchev–Trinajstić information content (AvgIpc) is 2.97. The van der Waals surface area contributed by atoms with E-state index < -0.39 is 5.97 Å². The van der Waals surface area contributed by atoms with Gasteiger partial charge in [-0.1, -0.05) is 32.9 Å². The van der Waals surface area contributed by atoms with Crippen molar-refractivity contribution in [3.05, 3.63) is 12.2 Å². The number of carboxylic acid groups (broad SMARTS) is 1. The number of aliphatic hydroxyl groups is 1. The number of carbonyl (C=O) groups is 1. The van der Waals surface area contributed by atoms with Crippen molar-refractivity contribution in [2.45, 2.75) is 84.7 Å². The zero-order valence-corrected chi connectivity index (χ0v) is 17.4. The minimum absolute atomic E-state index is 0.0802. The summed E-state index contributed by atoms with van der Waals surface area (Å²) < 4.78 is 0. The van der Waals surface area contributed by atoms with E-state index in [9.17, 15) is 9.90 Å². The number of hydrogen-bond donors (Lipinski definition) is 2. The fourth-order valence-electron chi connectivity index (χ4n) is 8.10. The lowest BCUT2D eigenvalue weighted by Crippen LogP contribution is -2.52. The highest BCUT2D eigenvalue weighted by Crippen LogP contribution is 2.66. The number of hydrogen-bond acceptors (Lipinski definition) is 2. The number of fused-ring (bicyclic) bond motifs is 5. The van der Waals surface area contributed by atoms with Crippen molar-refractivity contribution in [1.82, 2.24) is 0 Å². The van der Waals surface area contributed by atoms with Crippen LogP contribution in [-0.2, 0) is 4.79 Å². The Morgan fingerprint density at radius 1 is 1.19 bits per heavy atom. The molecule has 4 rings (SSSR count). The minimum atomic E-state index is -0.661. The molecule has 0 unspecified atom stereocenters. The maximum Gasteiger partial charge on any atom is 0.303 e. The topological polar surface area (TPSA) is 57.5 Å². The molecular formula is C24H38O3. The molecule has 0 aromatic heterocycles. The lowest BCUT2D eigenvalue weighted by Gasteiger charge is -2.58. The van der Waals surface area contributed by atoms with E-state index in [4.69, 9.17) is 5.11 Å². The van der Waals surface area contributed by atoms with Gasteiger partial charge in [-0.25, -0.2) is 0 Å². The molecule has 152 valence electrons. The van der Waals surface area contributed by atoms with E-state index >= 15 is 0 Å². The molecule has 9 atom stereocenters. The van der Waals surface area contributed by atoms with Crippen molar-refractivity contribution in [2.75, 3.05) is 0 Å². The second-order valence-corrected chi connectivity index (χ2v) is 10.8. The van der Waals surface area contributed by atoms with Gasteiger partial charge >= 0.3 is 5.97 Å². The Balaban J connectivity index is 1.56. The van der Waals surface area contributed by atoms with Gasteiger partial charge in [0.15, 0.2) is 0 Å². The molecule has 3 nitrogen and oxygen atoms in total. The van der Waals surface area contributed by atoms with Crippen LogP contribution in [0.25, 0.3) is 0 Å². The standard InChI is InChI=1S/C24H38O3/c1-15(4-9-22(26)27)19-7-8-20-18-6-5-16-14-17(25)10-12-23(16,2)21(18)11-13-24(19,20)3/h11,13,15-21,25H,4-10,12,14H2,1-3H3,(H,26,27)/t15-,16-,17-,18+,19+,20-,21+,23+,24-/m1/s1. The second kappa shape index (κ2) is 6.90. The molecule has 2 N–H and O–H groups in total. The van der Waals surface area contributed by atoms with Crippen molar-refractivity contribution in [1.29, 1.82) is 0 Å². The number of aliphatic carboxylic acids is 1. The van der Waals surface area contributed by atoms with Gasteiger partial charge in [0.2, 0.25) is 0 Å². The van der Waals surface area contributed by atoms with E-state index in [0.717, 1.165) is 31.1 Å². The van der Waals surface area contributed by atoms with Gasteiger partial charge in [-0.2, -0.15) is 0 Å². The number of allylic oxidation sites excluding steroid dienone is 2. The van der Waals surface area contributed by atoms with Crippen molar-refractivity contribution in [3.8, 4) is 0 Å². The second-order valence-electron chi connectivity index (χ2n) is 10.8. The Bertz CT molecular complexity index is 613. The van der Waals surface area contributed by atoms with Crippen molar-refractivity contribution < 1.29 is 15.0 Å². The Morgan fingerprint density at radius 3 is 2.70 bits per heavy atom. The lowest BCUT2D eigenvalue weighted by atomic mass is 9.46. The molecule has 3 fully saturated rings. The highest BCUT2D eigenvalue weighted by molar-refractivity contribution is 5.66. The summed E-state index contributed by atoms with van der Waals surface area (Å²) in [7, 11) is 0. The summed E-state index contributed by atoms with van der Waals surface area (Å²) in [6.45, 7) is 7.26. The summed E-state index contributed by atoms with van der Waals surface area (Å²) in [5.41, 5.74) is 0.615. The molecule has 4 aliphatic rings. The fraction of sp³-hybridized carbons (Fsp3) is 0.875. The van der Waals surface area contributed by atoms with Crippen molar-refractivity contribution >= 4 is 5.97 Å². The van der Waals surface area contributed by atoms with Crippen LogP contribution in [0.4, 0.5) is 0 Å². The molecule has 27 heavy (non-hydrogen) atoms. The Morgan fingerprint density at radius 2 is 1.96 bits per heavy atom. The molecule has 3 saturated carbocycles. The van der Waals surface area contributed by atoms with Crippen LogP contribution in [0.15, 0.2) is 12.2 Å². The normalized spacial score (nSPS) is 49.8. The van der Waals surface area contributed by atoms with Crippen LogP contribution < -0.4 is 0 Å².